The lowest BCUT2D eigenvalue weighted by molar-refractivity contribution is 0.0118. The molecule has 210 valence electrons. The van der Waals surface area contributed by atoms with Gasteiger partial charge in [-0.15, -0.1) is 5.10 Å². The molecule has 2 aliphatic rings. The SMILES string of the molecule is CC(Oc1cc(-c2cn(C3CN(C4(Cc5ccccc5)C=CC=CC4)C3)nn2)cnc1N)c1c(Cl)ccc(F)c1Cl. The monoisotopic (exact) mass is 590 g/mol. The number of halogens is 3. The average Bonchev–Trinajstić information content (AvgIpc) is 3.42. The summed E-state index contributed by atoms with van der Waals surface area (Å²) >= 11 is 12.4. The summed E-state index contributed by atoms with van der Waals surface area (Å²) in [6.07, 6.45) is 13.6. The lowest BCUT2D eigenvalue weighted by atomic mass is 9.80. The molecule has 0 bridgehead atoms. The Morgan fingerprint density at radius 3 is 2.71 bits per heavy atom. The van der Waals surface area contributed by atoms with Gasteiger partial charge in [0.1, 0.15) is 17.6 Å². The van der Waals surface area contributed by atoms with E-state index in [1.807, 2.05) is 10.9 Å². The number of hydrogen-bond acceptors (Lipinski definition) is 6. The third kappa shape index (κ3) is 5.47. The molecular formula is C31H29Cl2FN6O. The summed E-state index contributed by atoms with van der Waals surface area (Å²) in [7, 11) is 0. The molecule has 10 heteroatoms. The number of allylic oxidation sites excluding steroid dienone is 2. The first-order valence-electron chi connectivity index (χ1n) is 13.4. The van der Waals surface area contributed by atoms with Crippen molar-refractivity contribution in [3.63, 3.8) is 0 Å². The van der Waals surface area contributed by atoms with Crippen molar-refractivity contribution >= 4 is 29.0 Å². The zero-order valence-corrected chi connectivity index (χ0v) is 23.9. The largest absolute Gasteiger partial charge is 0.482 e. The van der Waals surface area contributed by atoms with Crippen LogP contribution in [0.2, 0.25) is 10.0 Å². The number of likely N-dealkylation sites (tertiary alicyclic amines) is 1. The zero-order valence-electron chi connectivity index (χ0n) is 22.4. The molecule has 1 fully saturated rings. The summed E-state index contributed by atoms with van der Waals surface area (Å²) in [5.41, 5.74) is 9.06. The van der Waals surface area contributed by atoms with Crippen LogP contribution in [0.4, 0.5) is 10.2 Å². The molecule has 3 heterocycles. The predicted molar refractivity (Wildman–Crippen MR) is 160 cm³/mol. The van der Waals surface area contributed by atoms with Crippen LogP contribution < -0.4 is 10.5 Å². The Labute approximate surface area is 248 Å². The smallest absolute Gasteiger partial charge is 0.166 e. The minimum absolute atomic E-state index is 0.0483. The van der Waals surface area contributed by atoms with Crippen molar-refractivity contribution in [3.05, 3.63) is 112 Å². The van der Waals surface area contributed by atoms with E-state index in [1.54, 1.807) is 19.2 Å². The predicted octanol–water partition coefficient (Wildman–Crippen LogP) is 6.86. The van der Waals surface area contributed by atoms with Gasteiger partial charge < -0.3 is 10.5 Å². The first kappa shape index (κ1) is 27.4. The van der Waals surface area contributed by atoms with E-state index >= 15 is 0 Å². The number of nitrogens with zero attached hydrogens (tertiary/aromatic N) is 5. The van der Waals surface area contributed by atoms with Crippen molar-refractivity contribution in [3.8, 4) is 17.0 Å². The molecule has 2 N–H and O–H groups in total. The van der Waals surface area contributed by atoms with Gasteiger partial charge in [-0.25, -0.2) is 14.1 Å². The Morgan fingerprint density at radius 1 is 1.15 bits per heavy atom. The topological polar surface area (TPSA) is 82.1 Å². The highest BCUT2D eigenvalue weighted by atomic mass is 35.5. The highest BCUT2D eigenvalue weighted by molar-refractivity contribution is 6.36. The second kappa shape index (κ2) is 11.3. The molecule has 7 nitrogen and oxygen atoms in total. The molecular weight excluding hydrogens is 562 g/mol. The highest BCUT2D eigenvalue weighted by Gasteiger charge is 2.43. The van der Waals surface area contributed by atoms with Gasteiger partial charge in [-0.2, -0.15) is 0 Å². The molecule has 6 rings (SSSR count). The summed E-state index contributed by atoms with van der Waals surface area (Å²) in [6, 6.07) is 15.2. The van der Waals surface area contributed by atoms with E-state index in [2.05, 4.69) is 74.8 Å². The fourth-order valence-electron chi connectivity index (χ4n) is 5.51. The molecule has 2 atom stereocenters. The maximum absolute atomic E-state index is 14.1. The molecule has 0 radical (unpaired) electrons. The van der Waals surface area contributed by atoms with Crippen LogP contribution in [0.3, 0.4) is 0 Å². The molecule has 1 aliphatic heterocycles. The van der Waals surface area contributed by atoms with Gasteiger partial charge >= 0.3 is 0 Å². The number of ether oxygens (including phenoxy) is 1. The fraction of sp³-hybridized carbons (Fsp3) is 0.258. The van der Waals surface area contributed by atoms with E-state index in [9.17, 15) is 4.39 Å². The molecule has 1 aliphatic carbocycles. The third-order valence-corrected chi connectivity index (χ3v) is 8.54. The maximum Gasteiger partial charge on any atom is 0.166 e. The lowest BCUT2D eigenvalue weighted by Gasteiger charge is -2.51. The van der Waals surface area contributed by atoms with Crippen molar-refractivity contribution in [2.24, 2.45) is 0 Å². The van der Waals surface area contributed by atoms with Crippen LogP contribution in [-0.2, 0) is 6.42 Å². The van der Waals surface area contributed by atoms with Crippen LogP contribution in [0.25, 0.3) is 11.3 Å². The van der Waals surface area contributed by atoms with E-state index in [0.29, 0.717) is 27.6 Å². The Balaban J connectivity index is 1.16. The van der Waals surface area contributed by atoms with Crippen molar-refractivity contribution in [1.29, 1.82) is 0 Å². The minimum Gasteiger partial charge on any atom is -0.482 e. The van der Waals surface area contributed by atoms with Gasteiger partial charge in [0.25, 0.3) is 0 Å². The first-order valence-corrected chi connectivity index (χ1v) is 14.2. The minimum atomic E-state index is -0.673. The Kier molecular flexibility index (Phi) is 7.55. The summed E-state index contributed by atoms with van der Waals surface area (Å²) in [5, 5.41) is 9.04. The molecule has 1 saturated heterocycles. The summed E-state index contributed by atoms with van der Waals surface area (Å²) < 4.78 is 22.0. The standard InChI is InChI=1S/C31H29Cl2FN6O/c1-20(28-24(32)10-11-25(34)29(28)33)41-27-14-22(16-36-30(27)35)26-19-40(38-37-26)23-17-39(18-23)31(12-6-3-7-13-31)15-21-8-4-2-5-9-21/h2-12,14,16,19-20,23H,13,15,17-18H2,1H3,(H2,35,36). The van der Waals surface area contributed by atoms with E-state index in [1.165, 1.54) is 17.7 Å². The molecule has 2 aromatic heterocycles. The van der Waals surface area contributed by atoms with E-state index in [0.717, 1.165) is 25.9 Å². The molecule has 41 heavy (non-hydrogen) atoms. The molecule has 4 aromatic rings. The number of nitrogen functional groups attached to an aromatic ring is 1. The van der Waals surface area contributed by atoms with Crippen LogP contribution in [-0.4, -0.2) is 43.5 Å². The second-order valence-electron chi connectivity index (χ2n) is 10.5. The number of pyridine rings is 1. The van der Waals surface area contributed by atoms with Crippen LogP contribution in [0, 0.1) is 5.82 Å². The van der Waals surface area contributed by atoms with Gasteiger partial charge in [0.05, 0.1) is 17.3 Å². The van der Waals surface area contributed by atoms with Gasteiger partial charge in [0.2, 0.25) is 0 Å². The fourth-order valence-corrected chi connectivity index (χ4v) is 6.19. The number of aromatic nitrogens is 4. The van der Waals surface area contributed by atoms with E-state index in [-0.39, 0.29) is 22.4 Å². The quantitative estimate of drug-likeness (QED) is 0.226. The Hall–Kier alpha value is -3.72. The third-order valence-electron chi connectivity index (χ3n) is 7.82. The highest BCUT2D eigenvalue weighted by Crippen LogP contribution is 2.39. The number of hydrogen-bond donors (Lipinski definition) is 1. The van der Waals surface area contributed by atoms with Crippen LogP contribution >= 0.6 is 23.2 Å². The molecule has 0 amide bonds. The van der Waals surface area contributed by atoms with Crippen molar-refractivity contribution < 1.29 is 9.13 Å². The Morgan fingerprint density at radius 2 is 1.95 bits per heavy atom. The van der Waals surface area contributed by atoms with Crippen molar-refractivity contribution in [1.82, 2.24) is 24.9 Å². The lowest BCUT2D eigenvalue weighted by Crippen LogP contribution is -2.60. The van der Waals surface area contributed by atoms with Gasteiger partial charge in [0.15, 0.2) is 11.6 Å². The van der Waals surface area contributed by atoms with Crippen LogP contribution in [0.15, 0.2) is 85.2 Å². The number of anilines is 1. The summed E-state index contributed by atoms with van der Waals surface area (Å²) in [4.78, 5) is 6.81. The van der Waals surface area contributed by atoms with Gasteiger partial charge in [-0.3, -0.25) is 4.90 Å². The normalized spacial score (nSPS) is 19.7. The summed E-state index contributed by atoms with van der Waals surface area (Å²) in [6.45, 7) is 3.46. The van der Waals surface area contributed by atoms with Gasteiger partial charge in [-0.1, -0.05) is 83.1 Å². The van der Waals surface area contributed by atoms with Crippen LogP contribution in [0.5, 0.6) is 5.75 Å². The van der Waals surface area contributed by atoms with E-state index in [4.69, 9.17) is 33.7 Å². The Bertz CT molecular complexity index is 1620. The van der Waals surface area contributed by atoms with Gasteiger partial charge in [0, 0.05) is 41.0 Å². The zero-order chi connectivity index (χ0) is 28.6. The average molecular weight is 592 g/mol. The molecule has 0 saturated carbocycles. The number of benzene rings is 2. The number of nitrogens with two attached hydrogens (primary N) is 1. The summed E-state index contributed by atoms with van der Waals surface area (Å²) in [5.74, 6) is -0.0742. The molecule has 2 aromatic carbocycles. The van der Waals surface area contributed by atoms with E-state index < -0.39 is 11.9 Å². The van der Waals surface area contributed by atoms with Crippen LogP contribution in [0.1, 0.15) is 36.6 Å². The number of rotatable bonds is 8. The van der Waals surface area contributed by atoms with Crippen molar-refractivity contribution in [2.45, 2.75) is 37.5 Å². The molecule has 2 unspecified atom stereocenters. The maximum atomic E-state index is 14.1. The molecule has 0 spiro atoms. The first-order chi connectivity index (χ1) is 19.8. The van der Waals surface area contributed by atoms with Gasteiger partial charge in [-0.05, 0) is 43.5 Å². The van der Waals surface area contributed by atoms with Crippen molar-refractivity contribution in [2.75, 3.05) is 18.8 Å². The second-order valence-corrected chi connectivity index (χ2v) is 11.3.